The van der Waals surface area contributed by atoms with Gasteiger partial charge in [-0.05, 0) is 50.8 Å². The number of hydrogen-bond acceptors (Lipinski definition) is 2. The molecule has 0 aromatic heterocycles. The van der Waals surface area contributed by atoms with Crippen LogP contribution in [0.1, 0.15) is 45.7 Å². The Labute approximate surface area is 122 Å². The molecule has 1 N–H and O–H groups in total. The average molecular weight is 278 g/mol. The second-order valence-electron chi connectivity index (χ2n) is 6.40. The van der Waals surface area contributed by atoms with Crippen LogP contribution in [0.3, 0.4) is 0 Å². The Morgan fingerprint density at radius 3 is 2.65 bits per heavy atom. The van der Waals surface area contributed by atoms with Crippen molar-refractivity contribution in [1.82, 2.24) is 5.32 Å². The molecule has 2 nitrogen and oxygen atoms in total. The summed E-state index contributed by atoms with van der Waals surface area (Å²) in [6.45, 7) is 9.78. The zero-order chi connectivity index (χ0) is 14.9. The van der Waals surface area contributed by atoms with Crippen LogP contribution < -0.4 is 10.2 Å². The van der Waals surface area contributed by atoms with E-state index in [-0.39, 0.29) is 11.9 Å². The first-order valence-electron chi connectivity index (χ1n) is 7.68. The van der Waals surface area contributed by atoms with Crippen molar-refractivity contribution in [2.75, 3.05) is 18.5 Å². The summed E-state index contributed by atoms with van der Waals surface area (Å²) in [7, 11) is 1.92. The van der Waals surface area contributed by atoms with Crippen LogP contribution in [0.5, 0.6) is 0 Å². The molecule has 0 amide bonds. The molecule has 1 aliphatic heterocycles. The molecule has 0 spiro atoms. The molecule has 1 aromatic rings. The summed E-state index contributed by atoms with van der Waals surface area (Å²) in [5.74, 6) is 1.10. The highest BCUT2D eigenvalue weighted by molar-refractivity contribution is 5.57. The Kier molecular flexibility index (Phi) is 4.69. The number of piperidine rings is 1. The number of nitrogens with one attached hydrogen (secondary N) is 1. The summed E-state index contributed by atoms with van der Waals surface area (Å²) in [6.07, 6.45) is 1.23. The largest absolute Gasteiger partial charge is 0.366 e. The van der Waals surface area contributed by atoms with Gasteiger partial charge in [-0.2, -0.15) is 0 Å². The highest BCUT2D eigenvalue weighted by Crippen LogP contribution is 2.36. The number of anilines is 1. The molecule has 20 heavy (non-hydrogen) atoms. The standard InChI is InChI=1S/C17H27FN2/c1-11-9-12(2)14(4)20(10-11)17-15(13(3)19-5)7-6-8-16(17)18/h6-8,11-14,19H,9-10H2,1-5H3. The minimum atomic E-state index is -0.0993. The van der Waals surface area contributed by atoms with Crippen molar-refractivity contribution in [3.63, 3.8) is 0 Å². The van der Waals surface area contributed by atoms with Gasteiger partial charge < -0.3 is 10.2 Å². The van der Waals surface area contributed by atoms with E-state index in [1.54, 1.807) is 6.07 Å². The van der Waals surface area contributed by atoms with Crippen LogP contribution in [0.4, 0.5) is 10.1 Å². The molecule has 3 heteroatoms. The van der Waals surface area contributed by atoms with Gasteiger partial charge in [0.15, 0.2) is 0 Å². The van der Waals surface area contributed by atoms with Crippen LogP contribution in [0.2, 0.25) is 0 Å². The maximum atomic E-state index is 14.5. The molecular formula is C17H27FN2. The number of hydrogen-bond donors (Lipinski definition) is 1. The van der Waals surface area contributed by atoms with Gasteiger partial charge in [-0.15, -0.1) is 0 Å². The second kappa shape index (κ2) is 6.13. The van der Waals surface area contributed by atoms with E-state index < -0.39 is 0 Å². The van der Waals surface area contributed by atoms with E-state index in [4.69, 9.17) is 0 Å². The van der Waals surface area contributed by atoms with Crippen molar-refractivity contribution >= 4 is 5.69 Å². The van der Waals surface area contributed by atoms with Crippen LogP contribution >= 0.6 is 0 Å². The quantitative estimate of drug-likeness (QED) is 0.899. The van der Waals surface area contributed by atoms with Crippen LogP contribution in [0.15, 0.2) is 18.2 Å². The lowest BCUT2D eigenvalue weighted by molar-refractivity contribution is 0.294. The fourth-order valence-corrected chi connectivity index (χ4v) is 3.35. The highest BCUT2D eigenvalue weighted by atomic mass is 19.1. The van der Waals surface area contributed by atoms with E-state index in [0.717, 1.165) is 17.8 Å². The molecular weight excluding hydrogens is 251 g/mol. The maximum absolute atomic E-state index is 14.5. The molecule has 0 radical (unpaired) electrons. The third kappa shape index (κ3) is 2.83. The van der Waals surface area contributed by atoms with Crippen molar-refractivity contribution in [2.24, 2.45) is 11.8 Å². The molecule has 4 unspecified atom stereocenters. The molecule has 0 bridgehead atoms. The number of rotatable bonds is 3. The van der Waals surface area contributed by atoms with Crippen LogP contribution in [0.25, 0.3) is 0 Å². The van der Waals surface area contributed by atoms with Gasteiger partial charge in [-0.3, -0.25) is 0 Å². The van der Waals surface area contributed by atoms with Gasteiger partial charge in [0.2, 0.25) is 0 Å². The van der Waals surface area contributed by atoms with Crippen LogP contribution in [0, 0.1) is 17.7 Å². The van der Waals surface area contributed by atoms with Crippen LogP contribution in [-0.2, 0) is 0 Å². The predicted molar refractivity (Wildman–Crippen MR) is 83.6 cm³/mol. The summed E-state index contributed by atoms with van der Waals surface area (Å²) in [6, 6.07) is 5.96. The number of para-hydroxylation sites is 1. The van der Waals surface area contributed by atoms with E-state index >= 15 is 0 Å². The SMILES string of the molecule is CNC(C)c1cccc(F)c1N1CC(C)CC(C)C1C. The highest BCUT2D eigenvalue weighted by Gasteiger charge is 2.32. The minimum Gasteiger partial charge on any atom is -0.366 e. The van der Waals surface area contributed by atoms with Crippen molar-refractivity contribution in [2.45, 2.75) is 46.2 Å². The van der Waals surface area contributed by atoms with E-state index in [1.165, 1.54) is 6.42 Å². The van der Waals surface area contributed by atoms with Gasteiger partial charge >= 0.3 is 0 Å². The zero-order valence-corrected chi connectivity index (χ0v) is 13.3. The molecule has 1 aliphatic rings. The summed E-state index contributed by atoms with van der Waals surface area (Å²) in [5.41, 5.74) is 1.85. The van der Waals surface area contributed by atoms with E-state index in [1.807, 2.05) is 19.2 Å². The van der Waals surface area contributed by atoms with Crippen molar-refractivity contribution in [3.8, 4) is 0 Å². The molecule has 0 aliphatic carbocycles. The fraction of sp³-hybridized carbons (Fsp3) is 0.647. The van der Waals surface area contributed by atoms with Gasteiger partial charge in [-0.1, -0.05) is 26.0 Å². The number of halogens is 1. The lowest BCUT2D eigenvalue weighted by Gasteiger charge is -2.44. The molecule has 1 fully saturated rings. The summed E-state index contributed by atoms with van der Waals surface area (Å²) in [4.78, 5) is 2.28. The Morgan fingerprint density at radius 2 is 2.00 bits per heavy atom. The van der Waals surface area contributed by atoms with Crippen molar-refractivity contribution in [1.29, 1.82) is 0 Å². The molecule has 1 saturated heterocycles. The Bertz CT molecular complexity index is 460. The van der Waals surface area contributed by atoms with E-state index in [9.17, 15) is 4.39 Å². The number of nitrogens with zero attached hydrogens (tertiary/aromatic N) is 1. The lowest BCUT2D eigenvalue weighted by atomic mass is 9.85. The third-order valence-electron chi connectivity index (χ3n) is 4.80. The summed E-state index contributed by atoms with van der Waals surface area (Å²) < 4.78 is 14.5. The van der Waals surface area contributed by atoms with Gasteiger partial charge in [0.25, 0.3) is 0 Å². The second-order valence-corrected chi connectivity index (χ2v) is 6.40. The molecule has 1 aromatic carbocycles. The molecule has 4 atom stereocenters. The zero-order valence-electron chi connectivity index (χ0n) is 13.3. The number of benzene rings is 1. The van der Waals surface area contributed by atoms with E-state index in [0.29, 0.717) is 17.9 Å². The Hall–Kier alpha value is -1.09. The molecule has 0 saturated carbocycles. The van der Waals surface area contributed by atoms with Gasteiger partial charge in [0.05, 0.1) is 5.69 Å². The summed E-state index contributed by atoms with van der Waals surface area (Å²) >= 11 is 0. The first-order chi connectivity index (χ1) is 9.45. The predicted octanol–water partition coefficient (Wildman–Crippen LogP) is 3.98. The first-order valence-corrected chi connectivity index (χ1v) is 7.68. The Balaban J connectivity index is 2.45. The van der Waals surface area contributed by atoms with Crippen molar-refractivity contribution in [3.05, 3.63) is 29.6 Å². The Morgan fingerprint density at radius 1 is 1.30 bits per heavy atom. The monoisotopic (exact) mass is 278 g/mol. The smallest absolute Gasteiger partial charge is 0.146 e. The maximum Gasteiger partial charge on any atom is 0.146 e. The summed E-state index contributed by atoms with van der Waals surface area (Å²) in [5, 5.41) is 3.23. The molecule has 2 rings (SSSR count). The van der Waals surface area contributed by atoms with Gasteiger partial charge in [0, 0.05) is 18.6 Å². The molecule has 1 heterocycles. The van der Waals surface area contributed by atoms with Crippen LogP contribution in [-0.4, -0.2) is 19.6 Å². The fourth-order valence-electron chi connectivity index (χ4n) is 3.35. The topological polar surface area (TPSA) is 15.3 Å². The minimum absolute atomic E-state index is 0.0993. The van der Waals surface area contributed by atoms with E-state index in [2.05, 4.69) is 37.9 Å². The van der Waals surface area contributed by atoms with Crippen molar-refractivity contribution < 1.29 is 4.39 Å². The first kappa shape index (κ1) is 15.3. The third-order valence-corrected chi connectivity index (χ3v) is 4.80. The van der Waals surface area contributed by atoms with Gasteiger partial charge in [-0.25, -0.2) is 4.39 Å². The normalized spacial score (nSPS) is 28.5. The van der Waals surface area contributed by atoms with Gasteiger partial charge in [0.1, 0.15) is 5.82 Å². The molecule has 112 valence electrons. The lowest BCUT2D eigenvalue weighted by Crippen LogP contribution is -2.46. The average Bonchev–Trinajstić information content (AvgIpc) is 2.42.